The molecule has 1 heterocycles. The highest BCUT2D eigenvalue weighted by molar-refractivity contribution is 5.74. The third-order valence-corrected chi connectivity index (χ3v) is 4.93. The summed E-state index contributed by atoms with van der Waals surface area (Å²) >= 11 is 0. The highest BCUT2D eigenvalue weighted by Crippen LogP contribution is 2.36. The quantitative estimate of drug-likeness (QED) is 0.804. The first kappa shape index (κ1) is 14.5. The second kappa shape index (κ2) is 5.85. The Morgan fingerprint density at radius 2 is 1.82 bits per heavy atom. The lowest BCUT2D eigenvalue weighted by Gasteiger charge is -2.42. The Morgan fingerprint density at radius 3 is 2.18 bits per heavy atom. The van der Waals surface area contributed by atoms with Crippen molar-refractivity contribution < 1.29 is 9.90 Å². The maximum atomic E-state index is 11.4. The van der Waals surface area contributed by atoms with E-state index in [4.69, 9.17) is 0 Å². The van der Waals surface area contributed by atoms with Gasteiger partial charge in [-0.15, -0.1) is 0 Å². The molecule has 0 saturated carbocycles. The van der Waals surface area contributed by atoms with Gasteiger partial charge < -0.3 is 10.0 Å². The minimum absolute atomic E-state index is 0.453. The summed E-state index contributed by atoms with van der Waals surface area (Å²) in [5.74, 6) is 0.0878. The van der Waals surface area contributed by atoms with Crippen LogP contribution in [0.2, 0.25) is 0 Å². The Kier molecular flexibility index (Phi) is 4.99. The minimum atomic E-state index is -0.601. The Balaban J connectivity index is 2.58. The molecule has 2 atom stereocenters. The normalized spacial score (nSPS) is 24.2. The number of rotatable bonds is 5. The molecule has 0 bridgehead atoms. The molecule has 1 fully saturated rings. The Morgan fingerprint density at radius 1 is 1.29 bits per heavy atom. The number of hydrogen-bond donors (Lipinski definition) is 1. The molecule has 17 heavy (non-hydrogen) atoms. The molecule has 1 saturated heterocycles. The predicted molar refractivity (Wildman–Crippen MR) is 70.1 cm³/mol. The lowest BCUT2D eigenvalue weighted by molar-refractivity contribution is -0.152. The van der Waals surface area contributed by atoms with Gasteiger partial charge in [-0.3, -0.25) is 4.79 Å². The van der Waals surface area contributed by atoms with E-state index >= 15 is 0 Å². The topological polar surface area (TPSA) is 40.5 Å². The summed E-state index contributed by atoms with van der Waals surface area (Å²) in [6.07, 6.45) is 3.56. The molecule has 0 aliphatic carbocycles. The molecule has 0 aromatic carbocycles. The fraction of sp³-hybridized carbons (Fsp3) is 0.929. The molecule has 0 amide bonds. The summed E-state index contributed by atoms with van der Waals surface area (Å²) in [6, 6.07) is 0.573. The van der Waals surface area contributed by atoms with Gasteiger partial charge in [-0.2, -0.15) is 0 Å². The zero-order valence-electron chi connectivity index (χ0n) is 11.7. The molecule has 1 aliphatic rings. The summed E-state index contributed by atoms with van der Waals surface area (Å²) in [7, 11) is 0. The number of carboxylic acid groups (broad SMARTS) is 1. The zero-order valence-corrected chi connectivity index (χ0v) is 11.7. The van der Waals surface area contributed by atoms with Gasteiger partial charge in [-0.05, 0) is 45.2 Å². The Bertz CT molecular complexity index is 257. The predicted octanol–water partition coefficient (Wildman–Crippen LogP) is 3.00. The molecular formula is C14H27NO2. The van der Waals surface area contributed by atoms with Gasteiger partial charge >= 0.3 is 5.97 Å². The first-order valence-electron chi connectivity index (χ1n) is 6.94. The highest BCUT2D eigenvalue weighted by Gasteiger charge is 2.40. The zero-order chi connectivity index (χ0) is 13.1. The second-order valence-electron chi connectivity index (χ2n) is 5.60. The van der Waals surface area contributed by atoms with Crippen molar-refractivity contribution in [2.24, 2.45) is 11.3 Å². The van der Waals surface area contributed by atoms with Gasteiger partial charge in [0.2, 0.25) is 0 Å². The van der Waals surface area contributed by atoms with Crippen LogP contribution in [-0.2, 0) is 4.79 Å². The van der Waals surface area contributed by atoms with Crippen LogP contribution in [0, 0.1) is 11.3 Å². The van der Waals surface area contributed by atoms with E-state index in [0.29, 0.717) is 12.0 Å². The van der Waals surface area contributed by atoms with Crippen molar-refractivity contribution in [1.29, 1.82) is 0 Å². The van der Waals surface area contributed by atoms with Crippen molar-refractivity contribution in [1.82, 2.24) is 4.90 Å². The van der Waals surface area contributed by atoms with E-state index in [9.17, 15) is 9.90 Å². The summed E-state index contributed by atoms with van der Waals surface area (Å²) in [5.41, 5.74) is -0.453. The lowest BCUT2D eigenvalue weighted by Crippen LogP contribution is -2.48. The van der Waals surface area contributed by atoms with E-state index in [-0.39, 0.29) is 0 Å². The molecule has 1 aliphatic heterocycles. The maximum absolute atomic E-state index is 11.4. The monoisotopic (exact) mass is 241 g/mol. The summed E-state index contributed by atoms with van der Waals surface area (Å²) in [4.78, 5) is 13.8. The molecule has 0 aromatic rings. The number of piperidine rings is 1. The van der Waals surface area contributed by atoms with Gasteiger partial charge in [0, 0.05) is 6.04 Å². The number of nitrogens with zero attached hydrogens (tertiary/aromatic N) is 1. The van der Waals surface area contributed by atoms with Crippen molar-refractivity contribution in [2.45, 2.75) is 59.4 Å². The van der Waals surface area contributed by atoms with Crippen molar-refractivity contribution in [3.8, 4) is 0 Å². The smallest absolute Gasteiger partial charge is 0.309 e. The average molecular weight is 241 g/mol. The van der Waals surface area contributed by atoms with E-state index in [1.54, 1.807) is 0 Å². The van der Waals surface area contributed by atoms with Gasteiger partial charge in [-0.1, -0.05) is 27.2 Å². The largest absolute Gasteiger partial charge is 0.481 e. The van der Waals surface area contributed by atoms with Crippen molar-refractivity contribution in [3.63, 3.8) is 0 Å². The summed E-state index contributed by atoms with van der Waals surface area (Å²) < 4.78 is 0. The van der Waals surface area contributed by atoms with E-state index in [1.165, 1.54) is 6.42 Å². The Labute approximate surface area is 105 Å². The van der Waals surface area contributed by atoms with Crippen LogP contribution in [0.1, 0.15) is 53.4 Å². The van der Waals surface area contributed by atoms with E-state index in [1.807, 2.05) is 6.92 Å². The molecule has 1 rings (SSSR count). The summed E-state index contributed by atoms with van der Waals surface area (Å²) in [5, 5.41) is 9.35. The molecule has 0 radical (unpaired) electrons. The van der Waals surface area contributed by atoms with E-state index < -0.39 is 11.4 Å². The van der Waals surface area contributed by atoms with Gasteiger partial charge in [0.25, 0.3) is 0 Å². The maximum Gasteiger partial charge on any atom is 0.309 e. The minimum Gasteiger partial charge on any atom is -0.481 e. The summed E-state index contributed by atoms with van der Waals surface area (Å²) in [6.45, 7) is 10.6. The fourth-order valence-corrected chi connectivity index (χ4v) is 2.78. The van der Waals surface area contributed by atoms with E-state index in [0.717, 1.165) is 32.4 Å². The van der Waals surface area contributed by atoms with Crippen molar-refractivity contribution in [2.75, 3.05) is 13.1 Å². The molecule has 2 unspecified atom stereocenters. The average Bonchev–Trinajstić information content (AvgIpc) is 2.36. The second-order valence-corrected chi connectivity index (χ2v) is 5.60. The molecular weight excluding hydrogens is 214 g/mol. The van der Waals surface area contributed by atoms with E-state index in [2.05, 4.69) is 25.7 Å². The third kappa shape index (κ3) is 3.01. The van der Waals surface area contributed by atoms with Crippen LogP contribution < -0.4 is 0 Å². The number of hydrogen-bond acceptors (Lipinski definition) is 2. The third-order valence-electron chi connectivity index (χ3n) is 4.93. The molecule has 100 valence electrons. The molecule has 0 spiro atoms. The van der Waals surface area contributed by atoms with Crippen LogP contribution in [-0.4, -0.2) is 35.1 Å². The Hall–Kier alpha value is -0.570. The standard InChI is InChI=1S/C14H27NO2/c1-5-11(3)12(4)15-9-7-14(6-2,8-10-15)13(16)17/h11-12H,5-10H2,1-4H3,(H,16,17). The van der Waals surface area contributed by atoms with Crippen LogP contribution in [0.4, 0.5) is 0 Å². The van der Waals surface area contributed by atoms with Gasteiger partial charge in [0.1, 0.15) is 0 Å². The number of aliphatic carboxylic acids is 1. The van der Waals surface area contributed by atoms with Crippen LogP contribution in [0.3, 0.4) is 0 Å². The van der Waals surface area contributed by atoms with Crippen LogP contribution >= 0.6 is 0 Å². The van der Waals surface area contributed by atoms with Crippen LogP contribution in [0.15, 0.2) is 0 Å². The number of likely N-dealkylation sites (tertiary alicyclic amines) is 1. The highest BCUT2D eigenvalue weighted by atomic mass is 16.4. The fourth-order valence-electron chi connectivity index (χ4n) is 2.78. The van der Waals surface area contributed by atoms with Gasteiger partial charge in [0.15, 0.2) is 0 Å². The first-order chi connectivity index (χ1) is 7.96. The SMILES string of the molecule is CCC(C)C(C)N1CCC(CC)(C(=O)O)CC1. The number of carbonyl (C=O) groups is 1. The first-order valence-corrected chi connectivity index (χ1v) is 6.94. The van der Waals surface area contributed by atoms with Crippen molar-refractivity contribution in [3.05, 3.63) is 0 Å². The molecule has 0 aromatic heterocycles. The van der Waals surface area contributed by atoms with Crippen molar-refractivity contribution >= 4 is 5.97 Å². The van der Waals surface area contributed by atoms with Gasteiger partial charge in [0.05, 0.1) is 5.41 Å². The lowest BCUT2D eigenvalue weighted by atomic mass is 9.75. The van der Waals surface area contributed by atoms with Crippen LogP contribution in [0.5, 0.6) is 0 Å². The van der Waals surface area contributed by atoms with Gasteiger partial charge in [-0.25, -0.2) is 0 Å². The van der Waals surface area contributed by atoms with Crippen LogP contribution in [0.25, 0.3) is 0 Å². The molecule has 3 nitrogen and oxygen atoms in total. The number of carboxylic acids is 1. The molecule has 1 N–H and O–H groups in total. The molecule has 3 heteroatoms.